The fourth-order valence-electron chi connectivity index (χ4n) is 1.99. The first-order valence-electron chi connectivity index (χ1n) is 6.71. The van der Waals surface area contributed by atoms with Crippen molar-refractivity contribution in [1.82, 2.24) is 0 Å². The molecule has 0 heterocycles. The second-order valence-corrected chi connectivity index (χ2v) is 8.37. The topological polar surface area (TPSA) is 132 Å². The van der Waals surface area contributed by atoms with E-state index in [4.69, 9.17) is 10.5 Å². The molecular formula is C15H14AsN3O5. The Bertz CT molecular complexity index is 845. The third kappa shape index (κ3) is 4.25. The number of nitrogens with zero attached hydrogens (tertiary/aromatic N) is 1. The van der Waals surface area contributed by atoms with Gasteiger partial charge in [-0.2, -0.15) is 0 Å². The van der Waals surface area contributed by atoms with Gasteiger partial charge in [0, 0.05) is 0 Å². The van der Waals surface area contributed by atoms with E-state index in [0.717, 1.165) is 0 Å². The van der Waals surface area contributed by atoms with Gasteiger partial charge >= 0.3 is 140 Å². The number of amides is 1. The van der Waals surface area contributed by atoms with E-state index in [9.17, 15) is 12.6 Å². The van der Waals surface area contributed by atoms with Gasteiger partial charge in [-0.25, -0.2) is 0 Å². The molecule has 9 heteroatoms. The average Bonchev–Trinajstić information content (AvgIpc) is 2.55. The van der Waals surface area contributed by atoms with E-state index in [1.165, 1.54) is 25.1 Å². The first kappa shape index (κ1) is 17.8. The van der Waals surface area contributed by atoms with Crippen molar-refractivity contribution in [3.63, 3.8) is 0 Å². The van der Waals surface area contributed by atoms with Crippen molar-refractivity contribution in [2.24, 2.45) is 0 Å². The van der Waals surface area contributed by atoms with E-state index < -0.39 is 20.1 Å². The molecule has 1 amide bonds. The number of carbonyl (C=O) groups excluding carboxylic acids is 1. The number of benzene rings is 2. The second-order valence-electron chi connectivity index (χ2n) is 4.83. The van der Waals surface area contributed by atoms with Crippen molar-refractivity contribution in [3.8, 4) is 6.07 Å². The molecule has 2 rings (SSSR count). The summed E-state index contributed by atoms with van der Waals surface area (Å²) in [6, 6.07) is 12.9. The maximum absolute atomic E-state index is 11.9. The second kappa shape index (κ2) is 7.34. The number of nitriles is 1. The quantitative estimate of drug-likeness (QED) is 0.343. The van der Waals surface area contributed by atoms with Gasteiger partial charge in [-0.3, -0.25) is 0 Å². The van der Waals surface area contributed by atoms with Gasteiger partial charge in [0.2, 0.25) is 0 Å². The first-order valence-corrected chi connectivity index (χ1v) is 10.0. The number of anilines is 3. The number of carbonyl (C=O) groups is 1. The van der Waals surface area contributed by atoms with Crippen molar-refractivity contribution in [2.75, 3.05) is 10.6 Å². The van der Waals surface area contributed by atoms with Crippen LogP contribution in [-0.4, -0.2) is 29.4 Å². The van der Waals surface area contributed by atoms with E-state index in [1.807, 2.05) is 6.07 Å². The molecular weight excluding hydrogens is 377 g/mol. The van der Waals surface area contributed by atoms with E-state index in [0.29, 0.717) is 16.9 Å². The summed E-state index contributed by atoms with van der Waals surface area (Å²) in [5.74, 6) is -0.444. The summed E-state index contributed by atoms with van der Waals surface area (Å²) in [7, 11) is 0. The molecule has 2 aromatic rings. The number of rotatable bonds is 5. The van der Waals surface area contributed by atoms with Gasteiger partial charge in [0.05, 0.1) is 0 Å². The summed E-state index contributed by atoms with van der Waals surface area (Å²) in [5.41, 5.74) is 1.78. The molecule has 8 nitrogen and oxygen atoms in total. The maximum atomic E-state index is 11.9. The minimum atomic E-state index is -5.13. The molecule has 124 valence electrons. The van der Waals surface area contributed by atoms with Crippen LogP contribution in [0.1, 0.15) is 12.5 Å². The minimum absolute atomic E-state index is 0.0557. The van der Waals surface area contributed by atoms with E-state index in [1.54, 1.807) is 24.3 Å². The van der Waals surface area contributed by atoms with E-state index in [-0.39, 0.29) is 10.0 Å². The van der Waals surface area contributed by atoms with Crippen LogP contribution >= 0.6 is 0 Å². The van der Waals surface area contributed by atoms with Gasteiger partial charge in [-0.05, 0) is 0 Å². The molecule has 2 aromatic carbocycles. The van der Waals surface area contributed by atoms with Gasteiger partial charge in [0.15, 0.2) is 0 Å². The van der Waals surface area contributed by atoms with Crippen molar-refractivity contribution in [2.45, 2.75) is 6.92 Å². The third-order valence-corrected chi connectivity index (χ3v) is 5.59. The molecule has 4 N–H and O–H groups in total. The van der Waals surface area contributed by atoms with Crippen LogP contribution in [0.15, 0.2) is 42.5 Å². The molecule has 0 aromatic heterocycles. The predicted molar refractivity (Wildman–Crippen MR) is 87.2 cm³/mol. The van der Waals surface area contributed by atoms with Crippen LogP contribution in [-0.2, 0) is 12.4 Å². The zero-order valence-corrected chi connectivity index (χ0v) is 14.4. The molecule has 0 fully saturated rings. The van der Waals surface area contributed by atoms with Crippen molar-refractivity contribution in [1.29, 1.82) is 5.26 Å². The number of hydrogen-bond acceptors (Lipinski definition) is 6. The Hall–Kier alpha value is -2.56. The Labute approximate surface area is 140 Å². The zero-order chi connectivity index (χ0) is 17.7. The molecule has 0 spiro atoms. The van der Waals surface area contributed by atoms with Crippen LogP contribution in [0, 0.1) is 11.3 Å². The summed E-state index contributed by atoms with van der Waals surface area (Å²) in [5, 5.41) is 22.9. The van der Waals surface area contributed by atoms with Crippen LogP contribution in [0.5, 0.6) is 0 Å². The van der Waals surface area contributed by atoms with Gasteiger partial charge in [-0.15, -0.1) is 0 Å². The van der Waals surface area contributed by atoms with Gasteiger partial charge in [0.25, 0.3) is 0 Å². The molecule has 0 saturated heterocycles. The van der Waals surface area contributed by atoms with Crippen LogP contribution in [0.4, 0.5) is 17.1 Å². The van der Waals surface area contributed by atoms with E-state index in [2.05, 4.69) is 14.5 Å². The zero-order valence-electron chi connectivity index (χ0n) is 12.6. The normalized spacial score (nSPS) is 12.8. The van der Waals surface area contributed by atoms with Gasteiger partial charge in [-0.1, -0.05) is 0 Å². The number of nitrogens with one attached hydrogen (secondary N) is 2. The molecule has 24 heavy (non-hydrogen) atoms. The van der Waals surface area contributed by atoms with Crippen LogP contribution in [0.3, 0.4) is 0 Å². The molecule has 0 aliphatic heterocycles. The fraction of sp³-hybridized carbons (Fsp3) is 0.0667. The van der Waals surface area contributed by atoms with Crippen LogP contribution in [0.2, 0.25) is 0 Å². The Morgan fingerprint density at radius 3 is 2.38 bits per heavy atom. The molecule has 0 aliphatic carbocycles. The standard InChI is InChI=1S/C15H14AsN3O5/c1-10(20)18-15-8-13(6-7-14(15)16(21,22)24-23)19-12-4-2-11(9-17)3-5-12/h2-8,19,23H,1H3,(H,18,20)(H,21,22). The van der Waals surface area contributed by atoms with E-state index >= 15 is 0 Å². The van der Waals surface area contributed by atoms with Gasteiger partial charge in [0.1, 0.15) is 0 Å². The Kier molecular flexibility index (Phi) is 5.44. The summed E-state index contributed by atoms with van der Waals surface area (Å²) in [6.07, 6.45) is 0. The van der Waals surface area contributed by atoms with Crippen molar-refractivity contribution in [3.05, 3.63) is 48.0 Å². The Morgan fingerprint density at radius 1 is 1.21 bits per heavy atom. The third-order valence-electron chi connectivity index (χ3n) is 3.03. The summed E-state index contributed by atoms with van der Waals surface area (Å²) < 4.78 is 25.1. The van der Waals surface area contributed by atoms with Crippen LogP contribution < -0.4 is 15.0 Å². The molecule has 0 bridgehead atoms. The molecule has 1 unspecified atom stereocenters. The monoisotopic (exact) mass is 391 g/mol. The summed E-state index contributed by atoms with van der Waals surface area (Å²) in [6.45, 7) is 1.25. The van der Waals surface area contributed by atoms with Crippen molar-refractivity contribution >= 4 is 41.5 Å². The van der Waals surface area contributed by atoms with Crippen LogP contribution in [0.25, 0.3) is 0 Å². The Balaban J connectivity index is 2.36. The number of hydrogen-bond donors (Lipinski definition) is 4. The SMILES string of the molecule is CC(=O)Nc1cc(Nc2ccc(C#N)cc2)ccc1[As](=O)(O)OO. The molecule has 0 aliphatic rings. The predicted octanol–water partition coefficient (Wildman–Crippen LogP) is 1.32. The van der Waals surface area contributed by atoms with Gasteiger partial charge < -0.3 is 0 Å². The average molecular weight is 391 g/mol. The first-order chi connectivity index (χ1) is 11.4. The fourth-order valence-corrected chi connectivity index (χ4v) is 3.62. The summed E-state index contributed by atoms with van der Waals surface area (Å²) in [4.78, 5) is 11.3. The Morgan fingerprint density at radius 2 is 1.83 bits per heavy atom. The van der Waals surface area contributed by atoms with Crippen molar-refractivity contribution < 1.29 is 21.8 Å². The summed E-state index contributed by atoms with van der Waals surface area (Å²) >= 11 is -5.13. The molecule has 0 radical (unpaired) electrons. The molecule has 0 saturated carbocycles. The molecule has 1 atom stereocenters.